The molecule has 1 atom stereocenters. The van der Waals surface area contributed by atoms with E-state index in [0.29, 0.717) is 16.3 Å². The minimum absolute atomic E-state index is 0.200. The van der Waals surface area contributed by atoms with E-state index in [1.807, 2.05) is 63.1 Å². The number of allylic oxidation sites excluding steroid dienone is 1. The molecule has 1 aliphatic rings. The number of nitrogens with one attached hydrogen (secondary N) is 1. The van der Waals surface area contributed by atoms with Crippen LogP contribution in [0.25, 0.3) is 0 Å². The summed E-state index contributed by atoms with van der Waals surface area (Å²) in [7, 11) is 1.95. The molecule has 2 aromatic carbocycles. The van der Waals surface area contributed by atoms with E-state index < -0.39 is 5.92 Å². The predicted molar refractivity (Wildman–Crippen MR) is 123 cm³/mol. The number of carbonyl (C=O) groups excluding carboxylic acids is 2. The quantitative estimate of drug-likeness (QED) is 0.734. The summed E-state index contributed by atoms with van der Waals surface area (Å²) in [5, 5.41) is 3.36. The summed E-state index contributed by atoms with van der Waals surface area (Å²) < 4.78 is 0. The van der Waals surface area contributed by atoms with Crippen LogP contribution < -0.4 is 10.2 Å². The van der Waals surface area contributed by atoms with Gasteiger partial charge in [-0.25, -0.2) is 4.99 Å². The monoisotopic (exact) mass is 423 g/mol. The van der Waals surface area contributed by atoms with Crippen LogP contribution in [0.2, 0.25) is 5.02 Å². The first kappa shape index (κ1) is 21.8. The molecule has 0 saturated carbocycles. The smallest absolute Gasteiger partial charge is 0.254 e. The van der Waals surface area contributed by atoms with Gasteiger partial charge >= 0.3 is 0 Å². The minimum atomic E-state index is -0.438. The third-order valence-electron chi connectivity index (χ3n) is 5.38. The number of halogens is 1. The van der Waals surface area contributed by atoms with E-state index in [4.69, 9.17) is 11.6 Å². The lowest BCUT2D eigenvalue weighted by Crippen LogP contribution is -2.35. The lowest BCUT2D eigenvalue weighted by atomic mass is 9.95. The molecule has 1 heterocycles. The Morgan fingerprint density at radius 2 is 1.90 bits per heavy atom. The summed E-state index contributed by atoms with van der Waals surface area (Å²) in [6, 6.07) is 11.6. The fraction of sp³-hybridized carbons (Fsp3) is 0.292. The Kier molecular flexibility index (Phi) is 6.42. The van der Waals surface area contributed by atoms with E-state index in [1.54, 1.807) is 13.0 Å². The highest BCUT2D eigenvalue weighted by molar-refractivity contribution is 6.31. The molecule has 1 N–H and O–H groups in total. The summed E-state index contributed by atoms with van der Waals surface area (Å²) in [5.41, 5.74) is 5.90. The Morgan fingerprint density at radius 1 is 1.17 bits per heavy atom. The van der Waals surface area contributed by atoms with Crippen LogP contribution in [-0.2, 0) is 4.79 Å². The van der Waals surface area contributed by atoms with Crippen LogP contribution in [0.5, 0.6) is 0 Å². The minimum Gasteiger partial charge on any atom is -0.351 e. The maximum absolute atomic E-state index is 12.9. The zero-order valence-corrected chi connectivity index (χ0v) is 18.7. The van der Waals surface area contributed by atoms with Gasteiger partial charge in [0.15, 0.2) is 0 Å². The Hall–Kier alpha value is -2.92. The molecule has 30 heavy (non-hydrogen) atoms. The van der Waals surface area contributed by atoms with Crippen LogP contribution in [0.3, 0.4) is 0 Å². The number of anilines is 2. The highest BCUT2D eigenvalue weighted by Crippen LogP contribution is 2.32. The Bertz CT molecular complexity index is 1070. The van der Waals surface area contributed by atoms with Gasteiger partial charge in [0.05, 0.1) is 5.92 Å². The van der Waals surface area contributed by atoms with Gasteiger partial charge in [-0.15, -0.1) is 0 Å². The Morgan fingerprint density at radius 3 is 2.57 bits per heavy atom. The molecule has 1 unspecified atom stereocenters. The molecule has 2 amide bonds. The molecule has 0 saturated heterocycles. The molecule has 6 heteroatoms. The van der Waals surface area contributed by atoms with Crippen LogP contribution in [-0.4, -0.2) is 31.1 Å². The first-order chi connectivity index (χ1) is 14.2. The molecule has 0 bridgehead atoms. The third-order valence-corrected chi connectivity index (χ3v) is 5.60. The standard InChI is InChI=1S/C24H26ClN3O2/c1-14-7-6-8-19(9-14)28(5)22-12-18(25)11-20(17(22)4)23(29)26-13-21-15(2)10-16(3)27-24(21)30/h6-12,21H,13H2,1-5H3,(H,26,29). The maximum Gasteiger partial charge on any atom is 0.254 e. The van der Waals surface area contributed by atoms with Crippen LogP contribution >= 0.6 is 11.6 Å². The second kappa shape index (κ2) is 8.84. The molecular formula is C24H26ClN3O2. The SMILES string of the molecule is CC1=CC(C)=NC(=O)C1CNC(=O)c1cc(Cl)cc(N(C)c2cccc(C)c2)c1C. The number of nitrogens with zero attached hydrogens (tertiary/aromatic N) is 2. The third kappa shape index (κ3) is 4.62. The first-order valence-corrected chi connectivity index (χ1v) is 10.2. The van der Waals surface area contributed by atoms with E-state index in [-0.39, 0.29) is 18.4 Å². The van der Waals surface area contributed by atoms with Crippen molar-refractivity contribution in [3.63, 3.8) is 0 Å². The number of hydrogen-bond acceptors (Lipinski definition) is 3. The lowest BCUT2D eigenvalue weighted by molar-refractivity contribution is -0.120. The number of dihydropyridines is 1. The fourth-order valence-corrected chi connectivity index (χ4v) is 3.88. The normalized spacial score (nSPS) is 16.1. The highest BCUT2D eigenvalue weighted by atomic mass is 35.5. The highest BCUT2D eigenvalue weighted by Gasteiger charge is 2.25. The van der Waals surface area contributed by atoms with Crippen LogP contribution in [0.4, 0.5) is 11.4 Å². The average Bonchev–Trinajstić information content (AvgIpc) is 2.68. The van der Waals surface area contributed by atoms with Gasteiger partial charge in [-0.05, 0) is 69.2 Å². The first-order valence-electron chi connectivity index (χ1n) is 9.83. The molecule has 156 valence electrons. The zero-order chi connectivity index (χ0) is 22.0. The van der Waals surface area contributed by atoms with Gasteiger partial charge < -0.3 is 10.2 Å². The van der Waals surface area contributed by atoms with Gasteiger partial charge in [-0.3, -0.25) is 9.59 Å². The Balaban J connectivity index is 1.83. The second-order valence-corrected chi connectivity index (χ2v) is 8.17. The molecule has 3 rings (SSSR count). The topological polar surface area (TPSA) is 61.8 Å². The molecule has 0 fully saturated rings. The number of aliphatic imine (C=N–C) groups is 1. The zero-order valence-electron chi connectivity index (χ0n) is 17.9. The van der Waals surface area contributed by atoms with Crippen LogP contribution in [0, 0.1) is 19.8 Å². The van der Waals surface area contributed by atoms with Crippen LogP contribution in [0.15, 0.2) is 53.0 Å². The molecule has 0 spiro atoms. The number of carbonyl (C=O) groups is 2. The second-order valence-electron chi connectivity index (χ2n) is 7.74. The summed E-state index contributed by atoms with van der Waals surface area (Å²) in [6.07, 6.45) is 1.87. The molecular weight excluding hydrogens is 398 g/mol. The van der Waals surface area contributed by atoms with Gasteiger partial charge in [0.1, 0.15) is 0 Å². The number of aryl methyl sites for hydroxylation is 1. The van der Waals surface area contributed by atoms with E-state index in [2.05, 4.69) is 16.4 Å². The van der Waals surface area contributed by atoms with Crippen molar-refractivity contribution in [2.75, 3.05) is 18.5 Å². The van der Waals surface area contributed by atoms with E-state index in [9.17, 15) is 9.59 Å². The number of amides is 2. The van der Waals surface area contributed by atoms with E-state index in [1.165, 1.54) is 0 Å². The summed E-state index contributed by atoms with van der Waals surface area (Å²) in [4.78, 5) is 31.2. The van der Waals surface area contributed by atoms with E-state index in [0.717, 1.165) is 28.1 Å². The molecule has 0 aromatic heterocycles. The maximum atomic E-state index is 12.9. The summed E-state index contributed by atoms with van der Waals surface area (Å²) >= 11 is 6.35. The van der Waals surface area contributed by atoms with Crippen molar-refractivity contribution in [1.29, 1.82) is 0 Å². The molecule has 5 nitrogen and oxygen atoms in total. The molecule has 0 radical (unpaired) electrons. The number of rotatable bonds is 5. The summed E-state index contributed by atoms with van der Waals surface area (Å²) in [5.74, 6) is -0.928. The number of hydrogen-bond donors (Lipinski definition) is 1. The Labute approximate surface area is 182 Å². The van der Waals surface area contributed by atoms with E-state index >= 15 is 0 Å². The van der Waals surface area contributed by atoms with Crippen molar-refractivity contribution >= 4 is 40.5 Å². The van der Waals surface area contributed by atoms with Crippen molar-refractivity contribution in [1.82, 2.24) is 5.32 Å². The van der Waals surface area contributed by atoms with Crippen LogP contribution in [0.1, 0.15) is 35.3 Å². The van der Waals surface area contributed by atoms with Gasteiger partial charge in [0, 0.05) is 41.3 Å². The van der Waals surface area contributed by atoms with Crippen molar-refractivity contribution in [2.45, 2.75) is 27.7 Å². The van der Waals surface area contributed by atoms with Gasteiger partial charge in [-0.2, -0.15) is 0 Å². The van der Waals surface area contributed by atoms with Crippen molar-refractivity contribution < 1.29 is 9.59 Å². The van der Waals surface area contributed by atoms with Gasteiger partial charge in [0.2, 0.25) is 0 Å². The molecule has 2 aromatic rings. The molecule has 0 aliphatic carbocycles. The van der Waals surface area contributed by atoms with Gasteiger partial charge in [-0.1, -0.05) is 29.3 Å². The fourth-order valence-electron chi connectivity index (χ4n) is 3.67. The van der Waals surface area contributed by atoms with Crippen molar-refractivity contribution in [2.24, 2.45) is 10.9 Å². The molecule has 1 aliphatic heterocycles. The average molecular weight is 424 g/mol. The number of benzene rings is 2. The van der Waals surface area contributed by atoms with Crippen molar-refractivity contribution in [3.8, 4) is 0 Å². The largest absolute Gasteiger partial charge is 0.351 e. The summed E-state index contributed by atoms with van der Waals surface area (Å²) in [6.45, 7) is 7.81. The van der Waals surface area contributed by atoms with Gasteiger partial charge in [0.25, 0.3) is 11.8 Å². The lowest BCUT2D eigenvalue weighted by Gasteiger charge is -2.24. The predicted octanol–water partition coefficient (Wildman–Crippen LogP) is 5.02. The van der Waals surface area contributed by atoms with Crippen molar-refractivity contribution in [3.05, 3.63) is 69.8 Å².